The minimum atomic E-state index is -0.656. The van der Waals surface area contributed by atoms with Crippen LogP contribution in [0.4, 0.5) is 5.69 Å². The Morgan fingerprint density at radius 1 is 1.39 bits per heavy atom. The number of hydrogen-bond acceptors (Lipinski definition) is 3. The second kappa shape index (κ2) is 7.59. The van der Waals surface area contributed by atoms with E-state index in [2.05, 4.69) is 12.2 Å². The van der Waals surface area contributed by atoms with Gasteiger partial charge in [-0.15, -0.1) is 0 Å². The van der Waals surface area contributed by atoms with Crippen LogP contribution in [0.15, 0.2) is 24.3 Å². The van der Waals surface area contributed by atoms with Crippen LogP contribution in [0.3, 0.4) is 0 Å². The molecule has 1 aromatic carbocycles. The van der Waals surface area contributed by atoms with Crippen molar-refractivity contribution in [2.24, 2.45) is 5.92 Å². The van der Waals surface area contributed by atoms with Gasteiger partial charge in [-0.1, -0.05) is 45.4 Å². The topological polar surface area (TPSA) is 69.6 Å². The van der Waals surface area contributed by atoms with Crippen LogP contribution in [0.1, 0.15) is 45.1 Å². The number of rotatable bonds is 4. The molecule has 0 spiro atoms. The number of benzene rings is 1. The number of carbonyl (C=O) groups is 2. The number of fused-ring (bicyclic) bond motifs is 1. The molecular weight excluding hydrogens is 292 g/mol. The number of para-hydroxylation sites is 1. The smallest absolute Gasteiger partial charge is 0.316 e. The first-order valence-electron chi connectivity index (χ1n) is 8.32. The van der Waals surface area contributed by atoms with Crippen molar-refractivity contribution in [1.29, 1.82) is 0 Å². The molecule has 5 heteroatoms. The lowest BCUT2D eigenvalue weighted by Gasteiger charge is -2.32. The molecule has 1 aliphatic rings. The lowest BCUT2D eigenvalue weighted by atomic mass is 9.91. The van der Waals surface area contributed by atoms with Crippen molar-refractivity contribution >= 4 is 17.5 Å². The van der Waals surface area contributed by atoms with E-state index in [4.69, 9.17) is 0 Å². The van der Waals surface area contributed by atoms with Crippen LogP contribution in [-0.2, 0) is 9.59 Å². The van der Waals surface area contributed by atoms with Crippen LogP contribution >= 0.6 is 0 Å². The second-order valence-electron chi connectivity index (χ2n) is 6.37. The highest BCUT2D eigenvalue weighted by Crippen LogP contribution is 2.34. The molecule has 1 aliphatic heterocycles. The van der Waals surface area contributed by atoms with Crippen LogP contribution in [0.2, 0.25) is 0 Å². The first kappa shape index (κ1) is 17.5. The van der Waals surface area contributed by atoms with Crippen LogP contribution in [0.5, 0.6) is 0 Å². The molecule has 0 saturated carbocycles. The number of aliphatic hydroxyl groups excluding tert-OH is 1. The van der Waals surface area contributed by atoms with Gasteiger partial charge in [0.1, 0.15) is 0 Å². The maximum Gasteiger partial charge on any atom is 0.316 e. The number of nitrogens with zero attached hydrogens (tertiary/aromatic N) is 1. The van der Waals surface area contributed by atoms with Crippen molar-refractivity contribution in [3.63, 3.8) is 0 Å². The van der Waals surface area contributed by atoms with Crippen LogP contribution in [0.25, 0.3) is 0 Å². The normalized spacial score (nSPS) is 19.7. The molecule has 2 amide bonds. The van der Waals surface area contributed by atoms with Gasteiger partial charge in [-0.05, 0) is 29.9 Å². The Kier molecular flexibility index (Phi) is 5.77. The first-order valence-corrected chi connectivity index (χ1v) is 8.32. The fourth-order valence-corrected chi connectivity index (χ4v) is 2.83. The molecule has 23 heavy (non-hydrogen) atoms. The van der Waals surface area contributed by atoms with Crippen molar-refractivity contribution in [3.05, 3.63) is 29.8 Å². The van der Waals surface area contributed by atoms with E-state index in [1.54, 1.807) is 4.90 Å². The number of amides is 2. The zero-order valence-corrected chi connectivity index (χ0v) is 14.1. The fourth-order valence-electron chi connectivity index (χ4n) is 2.83. The maximum absolute atomic E-state index is 12.5. The summed E-state index contributed by atoms with van der Waals surface area (Å²) in [7, 11) is 0. The molecule has 5 nitrogen and oxygen atoms in total. The lowest BCUT2D eigenvalue weighted by Crippen LogP contribution is -2.47. The summed E-state index contributed by atoms with van der Waals surface area (Å²) in [6, 6.07) is 7.71. The third kappa shape index (κ3) is 3.91. The quantitative estimate of drug-likeness (QED) is 0.835. The van der Waals surface area contributed by atoms with Crippen molar-refractivity contribution in [2.45, 2.75) is 45.6 Å². The summed E-state index contributed by atoms with van der Waals surface area (Å²) in [6.45, 7) is 6.67. The average molecular weight is 318 g/mol. The van der Waals surface area contributed by atoms with Gasteiger partial charge in [0, 0.05) is 18.8 Å². The zero-order valence-electron chi connectivity index (χ0n) is 14.1. The van der Waals surface area contributed by atoms with Gasteiger partial charge < -0.3 is 15.3 Å². The average Bonchev–Trinajstić information content (AvgIpc) is 2.58. The van der Waals surface area contributed by atoms with Crippen molar-refractivity contribution < 1.29 is 14.7 Å². The molecule has 1 heterocycles. The molecule has 126 valence electrons. The van der Waals surface area contributed by atoms with Gasteiger partial charge >= 0.3 is 11.8 Å². The van der Waals surface area contributed by atoms with Gasteiger partial charge in [0.15, 0.2) is 0 Å². The Morgan fingerprint density at radius 2 is 2.09 bits per heavy atom. The zero-order chi connectivity index (χ0) is 17.0. The summed E-state index contributed by atoms with van der Waals surface area (Å²) in [6.07, 6.45) is 1.03. The van der Waals surface area contributed by atoms with E-state index in [9.17, 15) is 14.7 Å². The Bertz CT molecular complexity index is 573. The predicted octanol–water partition coefficient (Wildman–Crippen LogP) is 2.05. The summed E-state index contributed by atoms with van der Waals surface area (Å²) >= 11 is 0. The molecular formula is C18H26N2O3. The molecule has 0 aromatic heterocycles. The summed E-state index contributed by atoms with van der Waals surface area (Å²) in [4.78, 5) is 26.1. The largest absolute Gasteiger partial charge is 0.391 e. The monoisotopic (exact) mass is 318 g/mol. The van der Waals surface area contributed by atoms with E-state index in [1.807, 2.05) is 38.1 Å². The van der Waals surface area contributed by atoms with Gasteiger partial charge in [0.25, 0.3) is 0 Å². The van der Waals surface area contributed by atoms with E-state index < -0.39 is 17.9 Å². The number of anilines is 1. The summed E-state index contributed by atoms with van der Waals surface area (Å²) < 4.78 is 0. The molecule has 0 fully saturated rings. The first-order chi connectivity index (χ1) is 11.0. The molecule has 2 N–H and O–H groups in total. The molecule has 0 bridgehead atoms. The van der Waals surface area contributed by atoms with Crippen LogP contribution < -0.4 is 10.2 Å². The van der Waals surface area contributed by atoms with E-state index in [-0.39, 0.29) is 12.5 Å². The minimum Gasteiger partial charge on any atom is -0.391 e. The SMILES string of the molecule is CCC(C)C(O)CNC(=O)C(=O)N1CCC(C)c2ccccc21. The highest BCUT2D eigenvalue weighted by Gasteiger charge is 2.30. The molecule has 2 rings (SSSR count). The molecule has 3 unspecified atom stereocenters. The molecule has 0 radical (unpaired) electrons. The van der Waals surface area contributed by atoms with Gasteiger partial charge in [0.05, 0.1) is 6.10 Å². The number of aliphatic hydroxyl groups is 1. The molecule has 3 atom stereocenters. The van der Waals surface area contributed by atoms with Gasteiger partial charge in [-0.3, -0.25) is 9.59 Å². The van der Waals surface area contributed by atoms with Gasteiger partial charge in [-0.2, -0.15) is 0 Å². The Hall–Kier alpha value is -1.88. The van der Waals surface area contributed by atoms with Gasteiger partial charge in [0.2, 0.25) is 0 Å². The van der Waals surface area contributed by atoms with Gasteiger partial charge in [-0.25, -0.2) is 0 Å². The minimum absolute atomic E-state index is 0.0852. The Labute approximate surface area is 137 Å². The highest BCUT2D eigenvalue weighted by molar-refractivity contribution is 6.40. The van der Waals surface area contributed by atoms with Crippen LogP contribution in [0, 0.1) is 5.92 Å². The van der Waals surface area contributed by atoms with Crippen molar-refractivity contribution in [1.82, 2.24) is 5.32 Å². The Morgan fingerprint density at radius 3 is 2.78 bits per heavy atom. The fraction of sp³-hybridized carbons (Fsp3) is 0.556. The number of hydrogen-bond donors (Lipinski definition) is 2. The standard InChI is InChI=1S/C18H26N2O3/c1-4-12(2)16(21)11-19-17(22)18(23)20-10-9-13(3)14-7-5-6-8-15(14)20/h5-8,12-13,16,21H,4,9-11H2,1-3H3,(H,19,22). The summed E-state index contributed by atoms with van der Waals surface area (Å²) in [5, 5.41) is 12.5. The highest BCUT2D eigenvalue weighted by atomic mass is 16.3. The van der Waals surface area contributed by atoms with E-state index in [0.29, 0.717) is 12.5 Å². The molecule has 0 aliphatic carbocycles. The van der Waals surface area contributed by atoms with E-state index in [1.165, 1.54) is 0 Å². The van der Waals surface area contributed by atoms with E-state index >= 15 is 0 Å². The third-order valence-electron chi connectivity index (χ3n) is 4.76. The number of nitrogens with one attached hydrogen (secondary N) is 1. The maximum atomic E-state index is 12.5. The predicted molar refractivity (Wildman–Crippen MR) is 90.3 cm³/mol. The Balaban J connectivity index is 2.03. The van der Waals surface area contributed by atoms with Crippen molar-refractivity contribution in [2.75, 3.05) is 18.0 Å². The lowest BCUT2D eigenvalue weighted by molar-refractivity contribution is -0.138. The van der Waals surface area contributed by atoms with E-state index in [0.717, 1.165) is 24.1 Å². The summed E-state index contributed by atoms with van der Waals surface area (Å²) in [5.41, 5.74) is 1.91. The van der Waals surface area contributed by atoms with Crippen molar-refractivity contribution in [3.8, 4) is 0 Å². The third-order valence-corrected chi connectivity index (χ3v) is 4.76. The molecule has 0 saturated heterocycles. The van der Waals surface area contributed by atoms with Crippen LogP contribution in [-0.4, -0.2) is 36.1 Å². The summed E-state index contributed by atoms with van der Waals surface area (Å²) in [5.74, 6) is -0.745. The molecule has 1 aromatic rings. The second-order valence-corrected chi connectivity index (χ2v) is 6.37. The number of carbonyl (C=O) groups excluding carboxylic acids is 2.